The molecule has 0 amide bonds. The Morgan fingerprint density at radius 1 is 0.213 bits per heavy atom. The van der Waals surface area contributed by atoms with E-state index in [9.17, 15) is 0 Å². The summed E-state index contributed by atoms with van der Waals surface area (Å²) in [6.07, 6.45) is 14.1. The molecule has 0 nitrogen and oxygen atoms in total. The molecule has 0 fully saturated rings. The lowest BCUT2D eigenvalue weighted by Crippen LogP contribution is -2.10. The van der Waals surface area contributed by atoms with Gasteiger partial charge in [0.2, 0.25) is 0 Å². The van der Waals surface area contributed by atoms with Crippen LogP contribution in [0.2, 0.25) is 0 Å². The third-order valence-corrected chi connectivity index (χ3v) is 27.9. The van der Waals surface area contributed by atoms with Crippen LogP contribution < -0.4 is 0 Å². The second-order valence-electron chi connectivity index (χ2n) is 44.2. The molecule has 0 saturated carbocycles. The Bertz CT molecular complexity index is 6550. The molecule has 17 aromatic rings. The number of unbranched alkanes of at least 4 members (excludes halogenated alkanes) is 3. The summed E-state index contributed by atoms with van der Waals surface area (Å²) in [5, 5.41) is 13.8. The molecule has 0 bridgehead atoms. The molecule has 700 valence electrons. The van der Waals surface area contributed by atoms with Crippen LogP contribution in [0.15, 0.2) is 297 Å². The van der Waals surface area contributed by atoms with E-state index < -0.39 is 0 Å². The van der Waals surface area contributed by atoms with Gasteiger partial charge in [-0.2, -0.15) is 0 Å². The van der Waals surface area contributed by atoms with Crippen LogP contribution in [0.1, 0.15) is 268 Å². The molecule has 1 unspecified atom stereocenters. The molecular formula is C136H156. The zero-order valence-electron chi connectivity index (χ0n) is 88.1. The summed E-state index contributed by atoms with van der Waals surface area (Å²) in [7, 11) is 0. The van der Waals surface area contributed by atoms with Gasteiger partial charge in [-0.1, -0.05) is 449 Å². The Kier molecular flexibility index (Phi) is 32.8. The van der Waals surface area contributed by atoms with E-state index in [1.54, 1.807) is 16.7 Å². The van der Waals surface area contributed by atoms with Crippen molar-refractivity contribution in [2.24, 2.45) is 5.92 Å². The van der Waals surface area contributed by atoms with Gasteiger partial charge in [0.05, 0.1) is 0 Å². The molecule has 0 N–H and O–H groups in total. The van der Waals surface area contributed by atoms with Crippen LogP contribution in [0, 0.1) is 89.0 Å². The predicted octanol–water partition coefficient (Wildman–Crippen LogP) is 40.2. The van der Waals surface area contributed by atoms with Crippen LogP contribution in [-0.2, 0) is 40.9 Å². The summed E-state index contributed by atoms with van der Waals surface area (Å²) in [5.41, 5.74) is 44.0. The summed E-state index contributed by atoms with van der Waals surface area (Å²) in [5.74, 6) is 0.834. The van der Waals surface area contributed by atoms with Crippen molar-refractivity contribution in [3.8, 4) is 77.9 Å². The average molecular weight is 1790 g/mol. The maximum Gasteiger partial charge on any atom is -0.00761 e. The van der Waals surface area contributed by atoms with E-state index in [-0.39, 0.29) is 21.7 Å². The van der Waals surface area contributed by atoms with Gasteiger partial charge >= 0.3 is 0 Å². The van der Waals surface area contributed by atoms with Gasteiger partial charge in [0.25, 0.3) is 0 Å². The lowest BCUT2D eigenvalue weighted by molar-refractivity contribution is 0.450. The lowest BCUT2D eigenvalue weighted by atomic mass is 9.84. The van der Waals surface area contributed by atoms with Gasteiger partial charge in [0.15, 0.2) is 0 Å². The van der Waals surface area contributed by atoms with Gasteiger partial charge in [0.1, 0.15) is 0 Å². The minimum atomic E-state index is 0.0877. The predicted molar refractivity (Wildman–Crippen MR) is 604 cm³/mol. The second-order valence-corrected chi connectivity index (χ2v) is 44.2. The SMILES string of the molecule is CCCCC(CC)Cc1cc(C)cc2ccc(C)cc12.CCCCc1cc(C)cc2c(CCCC)cc(C)cc12.Cc1cc(-c2cc(-c3ccc(C(C)(C)C)cc3)cc(-c3ccc(C(C)(C)C)cc3)c2)c2cc(C)cc(-c3cc(-c4ccc(C(C)(C)C)cc4)cc(-c4ccc(C(C)(C)C)cc4)c3)c2c1.Cc1cc(C)c2cc(C)cc(C)c2c1.Cc1ccc2c(-c3ccccc3)c(C)ccc2c1. The van der Waals surface area contributed by atoms with E-state index >= 15 is 0 Å². The molecule has 0 spiro atoms. The molecule has 0 heteroatoms. The molecule has 0 aromatic heterocycles. The molecule has 0 aliphatic carbocycles. The largest absolute Gasteiger partial charge is 0.0654 e. The molecule has 0 aliphatic heterocycles. The van der Waals surface area contributed by atoms with Crippen molar-refractivity contribution in [3.63, 3.8) is 0 Å². The Balaban J connectivity index is 0.000000173. The highest BCUT2D eigenvalue weighted by Crippen LogP contribution is 2.45. The topological polar surface area (TPSA) is 0 Å². The second kappa shape index (κ2) is 44.0. The standard InChI is InChI=1S/C64H68.2C20H28.C18H16.C14H16/c1-41-31-57(51-37-47(43-15-23-53(24-16-43)61(3,4)5)35-48(38-51)44-17-25-54(26-18-44)62(6,7)8)60-34-42(2)32-58(59(60)33-41)52-39-49(45-19-27-55(28-20-45)63(9,10)11)36-50(40-52)46-21-29-56(30-22-46)64(12,13)14;1-5-7-8-17(6-2)14-19-12-16(4)11-18-10-9-15(3)13-20(18)19;1-5-7-9-17-11-15(3)14-20-18(10-8-6-2)12-16(4)13-19(17)20;1-13-8-11-17-16(12-13)10-9-14(2)18(17)15-6-4-3-5-7-15;1-9-5-11(3)14-8-10(2)6-12(4)13(14)7-9/h15-40H,1-14H3;9-13,17H,5-8,14H2,1-4H3;11-14H,5-10H2,1-4H3;3-12H,1-2H3;5-8H,1-4H3. The van der Waals surface area contributed by atoms with Crippen LogP contribution in [0.5, 0.6) is 0 Å². The van der Waals surface area contributed by atoms with Crippen molar-refractivity contribution in [2.75, 3.05) is 0 Å². The van der Waals surface area contributed by atoms with Crippen molar-refractivity contribution in [1.29, 1.82) is 0 Å². The van der Waals surface area contributed by atoms with Crippen molar-refractivity contribution < 1.29 is 0 Å². The zero-order valence-corrected chi connectivity index (χ0v) is 88.1. The number of benzene rings is 17. The highest BCUT2D eigenvalue weighted by atomic mass is 14.3. The Hall–Kier alpha value is -12.0. The Labute approximate surface area is 821 Å². The normalized spacial score (nSPS) is 12.0. The molecule has 17 aromatic carbocycles. The van der Waals surface area contributed by atoms with E-state index in [0.717, 1.165) is 5.92 Å². The third-order valence-electron chi connectivity index (χ3n) is 27.9. The maximum absolute atomic E-state index is 2.41. The highest BCUT2D eigenvalue weighted by molar-refractivity contribution is 6.07. The fraction of sp³-hybridized carbons (Fsp3) is 0.324. The first-order valence-corrected chi connectivity index (χ1v) is 51.0. The van der Waals surface area contributed by atoms with Crippen LogP contribution in [0.3, 0.4) is 0 Å². The number of aryl methyl sites for hydroxylation is 14. The molecular weight excluding hydrogens is 1630 g/mol. The quantitative estimate of drug-likeness (QED) is 0.0757. The van der Waals surface area contributed by atoms with Crippen molar-refractivity contribution >= 4 is 53.9 Å². The smallest absolute Gasteiger partial charge is 0.00761 e. The van der Waals surface area contributed by atoms with Crippen LogP contribution in [0.4, 0.5) is 0 Å². The van der Waals surface area contributed by atoms with Crippen LogP contribution in [-0.4, -0.2) is 0 Å². The molecule has 0 heterocycles. The van der Waals surface area contributed by atoms with Crippen molar-refractivity contribution in [1.82, 2.24) is 0 Å². The van der Waals surface area contributed by atoms with Gasteiger partial charge in [-0.25, -0.2) is 0 Å². The number of hydrogen-bond donors (Lipinski definition) is 0. The Morgan fingerprint density at radius 3 is 0.919 bits per heavy atom. The van der Waals surface area contributed by atoms with E-state index in [1.165, 1.54) is 291 Å². The number of rotatable bonds is 19. The van der Waals surface area contributed by atoms with Crippen molar-refractivity contribution in [3.05, 3.63) is 403 Å². The first-order valence-electron chi connectivity index (χ1n) is 51.0. The monoisotopic (exact) mass is 1790 g/mol. The lowest BCUT2D eigenvalue weighted by Gasteiger charge is -2.21. The van der Waals surface area contributed by atoms with Gasteiger partial charge in [-0.3, -0.25) is 0 Å². The van der Waals surface area contributed by atoms with Gasteiger partial charge < -0.3 is 0 Å². The summed E-state index contributed by atoms with van der Waals surface area (Å²) in [4.78, 5) is 0. The number of fused-ring (bicyclic) bond motifs is 5. The van der Waals surface area contributed by atoms with Crippen LogP contribution >= 0.6 is 0 Å². The van der Waals surface area contributed by atoms with Crippen LogP contribution in [0.25, 0.3) is 132 Å². The first kappa shape index (κ1) is 101. The van der Waals surface area contributed by atoms with E-state index in [2.05, 4.69) is 491 Å². The maximum atomic E-state index is 2.41. The molecule has 0 radical (unpaired) electrons. The minimum Gasteiger partial charge on any atom is -0.0654 e. The third kappa shape index (κ3) is 25.5. The first-order chi connectivity index (χ1) is 64.6. The molecule has 17 rings (SSSR count). The minimum absolute atomic E-state index is 0.0877. The van der Waals surface area contributed by atoms with Gasteiger partial charge in [0, 0.05) is 0 Å². The summed E-state index contributed by atoms with van der Waals surface area (Å²) >= 11 is 0. The van der Waals surface area contributed by atoms with E-state index in [0.29, 0.717) is 0 Å². The number of hydrogen-bond acceptors (Lipinski definition) is 0. The molecule has 0 saturated heterocycles. The van der Waals surface area contributed by atoms with E-state index in [1.807, 2.05) is 0 Å². The Morgan fingerprint density at radius 2 is 0.529 bits per heavy atom. The fourth-order valence-corrected chi connectivity index (χ4v) is 20.1. The van der Waals surface area contributed by atoms with E-state index in [4.69, 9.17) is 0 Å². The molecule has 0 aliphatic rings. The summed E-state index contributed by atoms with van der Waals surface area (Å²) in [6.45, 7) is 63.0. The average Bonchev–Trinajstić information content (AvgIpc) is 0.748. The van der Waals surface area contributed by atoms with Gasteiger partial charge in [-0.15, -0.1) is 0 Å². The summed E-state index contributed by atoms with van der Waals surface area (Å²) < 4.78 is 0. The summed E-state index contributed by atoms with van der Waals surface area (Å²) in [6, 6.07) is 113. The highest BCUT2D eigenvalue weighted by Gasteiger charge is 2.23. The molecule has 136 heavy (non-hydrogen) atoms. The van der Waals surface area contributed by atoms with Crippen molar-refractivity contribution in [2.45, 2.75) is 286 Å². The van der Waals surface area contributed by atoms with Gasteiger partial charge in [-0.05, 0) is 378 Å². The molecule has 1 atom stereocenters. The fourth-order valence-electron chi connectivity index (χ4n) is 20.1. The zero-order chi connectivity index (χ0) is 97.8.